The van der Waals surface area contributed by atoms with Crippen molar-refractivity contribution in [2.45, 2.75) is 6.92 Å². The summed E-state index contributed by atoms with van der Waals surface area (Å²) >= 11 is 0. The first-order valence-electron chi connectivity index (χ1n) is 7.94. The molecular weight excluding hydrogens is 336 g/mol. The first kappa shape index (κ1) is 18.9. The minimum Gasteiger partial charge on any atom is -0.462 e. The molecule has 0 atom stereocenters. The smallest absolute Gasteiger partial charge is 0.340 e. The lowest BCUT2D eigenvalue weighted by Crippen LogP contribution is -2.09. The Morgan fingerprint density at radius 1 is 1.27 bits per heavy atom. The van der Waals surface area contributed by atoms with E-state index in [9.17, 15) is 14.9 Å². The number of benzene rings is 2. The quantitative estimate of drug-likeness (QED) is 0.354. The lowest BCUT2D eigenvalue weighted by Gasteiger charge is -2.11. The molecule has 0 radical (unpaired) electrons. The van der Waals surface area contributed by atoms with Crippen molar-refractivity contribution >= 4 is 29.2 Å². The maximum Gasteiger partial charge on any atom is 0.340 e. The summed E-state index contributed by atoms with van der Waals surface area (Å²) in [6.45, 7) is 1.83. The number of hydrogen-bond donors (Lipinski definition) is 1. The Bertz CT molecular complexity index is 816. The number of carbonyl (C=O) groups is 1. The largest absolute Gasteiger partial charge is 0.462 e. The maximum absolute atomic E-state index is 12.0. The molecule has 2 rings (SSSR count). The van der Waals surface area contributed by atoms with Crippen LogP contribution in [0.4, 0.5) is 17.1 Å². The van der Waals surface area contributed by atoms with Gasteiger partial charge >= 0.3 is 5.97 Å². The van der Waals surface area contributed by atoms with Gasteiger partial charge in [0, 0.05) is 31.9 Å². The summed E-state index contributed by atoms with van der Waals surface area (Å²) in [4.78, 5) is 24.4. The van der Waals surface area contributed by atoms with Gasteiger partial charge in [0.05, 0.1) is 29.0 Å². The molecule has 0 bridgehead atoms. The van der Waals surface area contributed by atoms with Crippen LogP contribution in [0.1, 0.15) is 22.8 Å². The Kier molecular flexibility index (Phi) is 6.26. The molecule has 0 amide bonds. The SMILES string of the molecule is CCOC(=O)c1cc([N+](=O)[O-])ccc1N/N=C/c1ccc(N(C)C)cc1. The summed E-state index contributed by atoms with van der Waals surface area (Å²) in [7, 11) is 3.91. The van der Waals surface area contributed by atoms with Crippen molar-refractivity contribution in [2.24, 2.45) is 5.10 Å². The van der Waals surface area contributed by atoms with Gasteiger partial charge in [-0.3, -0.25) is 15.5 Å². The summed E-state index contributed by atoms with van der Waals surface area (Å²) in [6, 6.07) is 11.6. The summed E-state index contributed by atoms with van der Waals surface area (Å²) in [5.41, 5.74) is 4.86. The lowest BCUT2D eigenvalue weighted by molar-refractivity contribution is -0.384. The topological polar surface area (TPSA) is 97.1 Å². The van der Waals surface area contributed by atoms with E-state index in [0.29, 0.717) is 5.69 Å². The molecular formula is C18H20N4O4. The van der Waals surface area contributed by atoms with Crippen LogP contribution in [0.3, 0.4) is 0 Å². The van der Waals surface area contributed by atoms with Crippen molar-refractivity contribution in [1.82, 2.24) is 0 Å². The number of carbonyl (C=O) groups excluding carboxylic acids is 1. The number of non-ortho nitro benzene ring substituents is 1. The fourth-order valence-corrected chi connectivity index (χ4v) is 2.16. The number of nitrogens with one attached hydrogen (secondary N) is 1. The molecule has 2 aromatic carbocycles. The van der Waals surface area contributed by atoms with Gasteiger partial charge in [0.2, 0.25) is 0 Å². The molecule has 0 aliphatic carbocycles. The monoisotopic (exact) mass is 356 g/mol. The molecule has 1 N–H and O–H groups in total. The molecule has 0 aliphatic heterocycles. The van der Waals surface area contributed by atoms with Crippen molar-refractivity contribution in [3.63, 3.8) is 0 Å². The molecule has 26 heavy (non-hydrogen) atoms. The van der Waals surface area contributed by atoms with Gasteiger partial charge in [0.25, 0.3) is 5.69 Å². The highest BCUT2D eigenvalue weighted by molar-refractivity contribution is 5.96. The number of nitrogens with zero attached hydrogens (tertiary/aromatic N) is 3. The number of esters is 1. The summed E-state index contributed by atoms with van der Waals surface area (Å²) in [5.74, 6) is -0.649. The molecule has 136 valence electrons. The number of hydrogen-bond acceptors (Lipinski definition) is 7. The van der Waals surface area contributed by atoms with E-state index in [0.717, 1.165) is 11.3 Å². The number of anilines is 2. The Morgan fingerprint density at radius 2 is 1.96 bits per heavy atom. The first-order valence-corrected chi connectivity index (χ1v) is 7.94. The van der Waals surface area contributed by atoms with Gasteiger partial charge < -0.3 is 9.64 Å². The van der Waals surface area contributed by atoms with Gasteiger partial charge in [-0.1, -0.05) is 12.1 Å². The second kappa shape index (κ2) is 8.61. The Hall–Kier alpha value is -3.42. The fourth-order valence-electron chi connectivity index (χ4n) is 2.16. The van der Waals surface area contributed by atoms with Crippen molar-refractivity contribution in [1.29, 1.82) is 0 Å². The zero-order valence-corrected chi connectivity index (χ0v) is 14.8. The Labute approximate surface area is 151 Å². The van der Waals surface area contributed by atoms with Crippen molar-refractivity contribution in [3.8, 4) is 0 Å². The molecule has 0 unspecified atom stereocenters. The van der Waals surface area contributed by atoms with Gasteiger partial charge in [-0.05, 0) is 30.7 Å². The van der Waals surface area contributed by atoms with Crippen LogP contribution in [0.5, 0.6) is 0 Å². The van der Waals surface area contributed by atoms with E-state index in [2.05, 4.69) is 10.5 Å². The van der Waals surface area contributed by atoms with E-state index in [1.807, 2.05) is 43.3 Å². The zero-order valence-electron chi connectivity index (χ0n) is 14.8. The molecule has 8 nitrogen and oxygen atoms in total. The molecule has 2 aromatic rings. The number of nitro groups is 1. The maximum atomic E-state index is 12.0. The molecule has 0 aliphatic rings. The van der Waals surface area contributed by atoms with Gasteiger partial charge in [-0.25, -0.2) is 4.79 Å². The van der Waals surface area contributed by atoms with Gasteiger partial charge in [-0.15, -0.1) is 0 Å². The van der Waals surface area contributed by atoms with Gasteiger partial charge in [0.1, 0.15) is 0 Å². The normalized spacial score (nSPS) is 10.6. The average molecular weight is 356 g/mol. The number of nitro benzene ring substituents is 1. The van der Waals surface area contributed by atoms with E-state index in [1.54, 1.807) is 13.1 Å². The van der Waals surface area contributed by atoms with Crippen LogP contribution in [0.25, 0.3) is 0 Å². The van der Waals surface area contributed by atoms with E-state index < -0.39 is 10.9 Å². The predicted octanol–water partition coefficient (Wildman–Crippen LogP) is 3.28. The van der Waals surface area contributed by atoms with Crippen molar-refractivity contribution in [3.05, 3.63) is 63.7 Å². The fraction of sp³-hybridized carbons (Fsp3) is 0.222. The molecule has 0 saturated carbocycles. The van der Waals surface area contributed by atoms with Crippen LogP contribution in [0, 0.1) is 10.1 Å². The van der Waals surface area contributed by atoms with E-state index in [4.69, 9.17) is 4.74 Å². The highest BCUT2D eigenvalue weighted by Gasteiger charge is 2.17. The molecule has 0 heterocycles. The van der Waals surface area contributed by atoms with Crippen molar-refractivity contribution in [2.75, 3.05) is 31.0 Å². The highest BCUT2D eigenvalue weighted by Crippen LogP contribution is 2.23. The van der Waals surface area contributed by atoms with Crippen LogP contribution >= 0.6 is 0 Å². The predicted molar refractivity (Wildman–Crippen MR) is 101 cm³/mol. The van der Waals surface area contributed by atoms with Crippen LogP contribution in [0.2, 0.25) is 0 Å². The molecule has 0 saturated heterocycles. The molecule has 0 fully saturated rings. The third-order valence-electron chi connectivity index (χ3n) is 3.52. The minimum absolute atomic E-state index is 0.0566. The highest BCUT2D eigenvalue weighted by atomic mass is 16.6. The second-order valence-electron chi connectivity index (χ2n) is 5.56. The van der Waals surface area contributed by atoms with Gasteiger partial charge in [-0.2, -0.15) is 5.10 Å². The number of hydrazone groups is 1. The molecule has 0 aromatic heterocycles. The zero-order chi connectivity index (χ0) is 19.1. The lowest BCUT2D eigenvalue weighted by atomic mass is 10.1. The van der Waals surface area contributed by atoms with Crippen LogP contribution < -0.4 is 10.3 Å². The third-order valence-corrected chi connectivity index (χ3v) is 3.52. The molecule has 8 heteroatoms. The van der Waals surface area contributed by atoms with Crippen LogP contribution in [0.15, 0.2) is 47.6 Å². The average Bonchev–Trinajstić information content (AvgIpc) is 2.62. The molecule has 0 spiro atoms. The van der Waals surface area contributed by atoms with Gasteiger partial charge in [0.15, 0.2) is 0 Å². The standard InChI is InChI=1S/C18H20N4O4/c1-4-26-18(23)16-11-15(22(24)25)9-10-17(16)20-19-12-13-5-7-14(8-6-13)21(2)3/h5-12,20H,4H2,1-3H3/b19-12+. The van der Waals surface area contributed by atoms with Crippen LogP contribution in [-0.2, 0) is 4.74 Å². The van der Waals surface area contributed by atoms with Crippen LogP contribution in [-0.4, -0.2) is 37.8 Å². The summed E-state index contributed by atoms with van der Waals surface area (Å²) in [5, 5.41) is 15.0. The Morgan fingerprint density at radius 3 is 2.54 bits per heavy atom. The number of ether oxygens (including phenoxy) is 1. The van der Waals surface area contributed by atoms with E-state index >= 15 is 0 Å². The minimum atomic E-state index is -0.649. The summed E-state index contributed by atoms with van der Waals surface area (Å²) in [6.07, 6.45) is 1.59. The number of rotatable bonds is 7. The second-order valence-corrected chi connectivity index (χ2v) is 5.56. The first-order chi connectivity index (χ1) is 12.4. The Balaban J connectivity index is 2.19. The van der Waals surface area contributed by atoms with Crippen molar-refractivity contribution < 1.29 is 14.5 Å². The van der Waals surface area contributed by atoms with E-state index in [1.165, 1.54) is 18.2 Å². The summed E-state index contributed by atoms with van der Waals surface area (Å²) < 4.78 is 4.95. The van der Waals surface area contributed by atoms with E-state index in [-0.39, 0.29) is 17.9 Å². The third kappa shape index (κ3) is 4.79.